The van der Waals surface area contributed by atoms with Gasteiger partial charge >= 0.3 is 0 Å². The first-order valence-corrected chi connectivity index (χ1v) is 8.44. The summed E-state index contributed by atoms with van der Waals surface area (Å²) in [4.78, 5) is 28.2. The number of carbonyl (C=O) groups excluding carboxylic acids is 2. The summed E-state index contributed by atoms with van der Waals surface area (Å²) in [6.45, 7) is 4.65. The van der Waals surface area contributed by atoms with Gasteiger partial charge in [0, 0.05) is 32.9 Å². The van der Waals surface area contributed by atoms with E-state index in [4.69, 9.17) is 14.2 Å². The van der Waals surface area contributed by atoms with Crippen LogP contribution in [0.5, 0.6) is 0 Å². The molecule has 1 unspecified atom stereocenters. The molecule has 2 aliphatic rings. The third-order valence-electron chi connectivity index (χ3n) is 4.34. The number of morpholine rings is 2. The molecular weight excluding hydrogens is 328 g/mol. The molecule has 2 aliphatic heterocycles. The topological polar surface area (TPSA) is 86.1 Å². The second-order valence-electron chi connectivity index (χ2n) is 6.19. The summed E-state index contributed by atoms with van der Waals surface area (Å²) in [5, 5.41) is 4.04. The highest BCUT2D eigenvalue weighted by Crippen LogP contribution is 2.25. The first kappa shape index (κ1) is 17.8. The Morgan fingerprint density at radius 2 is 1.92 bits per heavy atom. The van der Waals surface area contributed by atoms with Gasteiger partial charge in [-0.05, 0) is 6.92 Å². The highest BCUT2D eigenvalue weighted by molar-refractivity contribution is 5.93. The Morgan fingerprint density at radius 1 is 1.24 bits per heavy atom. The maximum absolute atomic E-state index is 12.7. The lowest BCUT2D eigenvalue weighted by Crippen LogP contribution is -2.64. The zero-order chi connectivity index (χ0) is 17.9. The predicted molar refractivity (Wildman–Crippen MR) is 86.8 cm³/mol. The zero-order valence-corrected chi connectivity index (χ0v) is 14.6. The van der Waals surface area contributed by atoms with Crippen LogP contribution >= 0.6 is 0 Å². The Morgan fingerprint density at radius 3 is 2.56 bits per heavy atom. The molecule has 2 amide bonds. The monoisotopic (exact) mass is 352 g/mol. The largest absolute Gasteiger partial charge is 0.372 e. The number of hydrogen-bond acceptors (Lipinski definition) is 6. The Bertz CT molecular complexity index is 630. The fraction of sp³-hybridized carbons (Fsp3) is 0.688. The minimum absolute atomic E-state index is 0.0465. The number of carbonyl (C=O) groups is 2. The number of ether oxygens (including phenoxy) is 3. The Labute approximate surface area is 146 Å². The number of rotatable bonds is 4. The normalized spacial score (nSPS) is 23.9. The number of amides is 2. The van der Waals surface area contributed by atoms with Crippen LogP contribution < -0.4 is 0 Å². The van der Waals surface area contributed by atoms with Gasteiger partial charge in [0.25, 0.3) is 5.91 Å². The van der Waals surface area contributed by atoms with Crippen molar-refractivity contribution in [3.8, 4) is 0 Å². The van der Waals surface area contributed by atoms with Crippen LogP contribution in [0.4, 0.5) is 0 Å². The lowest BCUT2D eigenvalue weighted by Gasteiger charge is -2.47. The van der Waals surface area contributed by atoms with E-state index in [1.807, 2.05) is 6.92 Å². The van der Waals surface area contributed by atoms with E-state index in [0.29, 0.717) is 38.5 Å². The van der Waals surface area contributed by atoms with Crippen molar-refractivity contribution in [2.45, 2.75) is 12.7 Å². The van der Waals surface area contributed by atoms with Gasteiger partial charge in [0.15, 0.2) is 0 Å². The molecule has 0 aliphatic carbocycles. The van der Waals surface area contributed by atoms with E-state index in [1.165, 1.54) is 0 Å². The molecule has 0 bridgehead atoms. The predicted octanol–water partition coefficient (Wildman–Crippen LogP) is -0.516. The van der Waals surface area contributed by atoms with E-state index in [0.717, 1.165) is 0 Å². The zero-order valence-electron chi connectivity index (χ0n) is 14.6. The van der Waals surface area contributed by atoms with Gasteiger partial charge in [-0.15, -0.1) is 0 Å². The minimum Gasteiger partial charge on any atom is -0.372 e. The number of hydrogen-bond donors (Lipinski definition) is 0. The standard InChI is InChI=1S/C16H24N4O5/c1-3-23-10-14(21)19-4-6-24-16(11-19)12-20(5-7-25-16)15(22)13-8-17-18(2)9-13/h8-9H,3-7,10-12H2,1-2H3. The van der Waals surface area contributed by atoms with Crippen LogP contribution in [0.3, 0.4) is 0 Å². The molecule has 2 saturated heterocycles. The molecule has 1 aromatic rings. The molecule has 0 saturated carbocycles. The third kappa shape index (κ3) is 4.00. The molecule has 9 nitrogen and oxygen atoms in total. The van der Waals surface area contributed by atoms with E-state index < -0.39 is 5.79 Å². The van der Waals surface area contributed by atoms with E-state index in [1.54, 1.807) is 33.9 Å². The van der Waals surface area contributed by atoms with Gasteiger partial charge in [0.2, 0.25) is 11.7 Å². The van der Waals surface area contributed by atoms with E-state index >= 15 is 0 Å². The lowest BCUT2D eigenvalue weighted by atomic mass is 10.1. The van der Waals surface area contributed by atoms with Crippen molar-refractivity contribution >= 4 is 11.8 Å². The second kappa shape index (κ2) is 7.51. The van der Waals surface area contributed by atoms with Gasteiger partial charge in [-0.25, -0.2) is 0 Å². The SMILES string of the molecule is CCOCC(=O)N1CCOC2(C1)CN(C(=O)c1cnn(C)c1)CCO2. The molecular formula is C16H24N4O5. The summed E-state index contributed by atoms with van der Waals surface area (Å²) in [5.41, 5.74) is 0.527. The number of aryl methyl sites for hydroxylation is 1. The molecule has 25 heavy (non-hydrogen) atoms. The summed E-state index contributed by atoms with van der Waals surface area (Å²) in [5.74, 6) is -1.18. The molecule has 138 valence electrons. The molecule has 3 heterocycles. The van der Waals surface area contributed by atoms with Crippen LogP contribution in [0.2, 0.25) is 0 Å². The molecule has 3 rings (SSSR count). The molecule has 1 spiro atoms. The van der Waals surface area contributed by atoms with Gasteiger partial charge in [-0.2, -0.15) is 5.10 Å². The molecule has 1 atom stereocenters. The van der Waals surface area contributed by atoms with E-state index in [-0.39, 0.29) is 31.5 Å². The fourth-order valence-corrected chi connectivity index (χ4v) is 3.08. The maximum atomic E-state index is 12.7. The fourth-order valence-electron chi connectivity index (χ4n) is 3.08. The summed E-state index contributed by atoms with van der Waals surface area (Å²) in [6.07, 6.45) is 3.23. The van der Waals surface area contributed by atoms with Crippen molar-refractivity contribution in [3.63, 3.8) is 0 Å². The molecule has 1 aromatic heterocycles. The van der Waals surface area contributed by atoms with Gasteiger partial charge in [0.05, 0.1) is 38.1 Å². The average molecular weight is 352 g/mol. The quantitative estimate of drug-likeness (QED) is 0.725. The smallest absolute Gasteiger partial charge is 0.257 e. The molecule has 0 N–H and O–H groups in total. The first-order chi connectivity index (χ1) is 12.0. The molecule has 0 radical (unpaired) electrons. The van der Waals surface area contributed by atoms with Crippen molar-refractivity contribution < 1.29 is 23.8 Å². The van der Waals surface area contributed by atoms with Crippen molar-refractivity contribution in [1.29, 1.82) is 0 Å². The van der Waals surface area contributed by atoms with Gasteiger partial charge in [-0.3, -0.25) is 14.3 Å². The van der Waals surface area contributed by atoms with Gasteiger partial charge in [-0.1, -0.05) is 0 Å². The Balaban J connectivity index is 1.66. The van der Waals surface area contributed by atoms with Crippen molar-refractivity contribution in [3.05, 3.63) is 18.0 Å². The molecule has 9 heteroatoms. The summed E-state index contributed by atoms with van der Waals surface area (Å²) in [7, 11) is 1.77. The highest BCUT2D eigenvalue weighted by Gasteiger charge is 2.44. The molecule has 2 fully saturated rings. The van der Waals surface area contributed by atoms with Crippen LogP contribution in [0.15, 0.2) is 12.4 Å². The minimum atomic E-state index is -0.976. The van der Waals surface area contributed by atoms with Crippen molar-refractivity contribution in [2.75, 3.05) is 52.6 Å². The van der Waals surface area contributed by atoms with E-state index in [9.17, 15) is 9.59 Å². The highest BCUT2D eigenvalue weighted by atomic mass is 16.7. The summed E-state index contributed by atoms with van der Waals surface area (Å²) in [6, 6.07) is 0. The van der Waals surface area contributed by atoms with Crippen LogP contribution in [0.1, 0.15) is 17.3 Å². The first-order valence-electron chi connectivity index (χ1n) is 8.44. The van der Waals surface area contributed by atoms with Crippen LogP contribution in [0, 0.1) is 0 Å². The van der Waals surface area contributed by atoms with Gasteiger partial charge in [0.1, 0.15) is 6.61 Å². The summed E-state index contributed by atoms with van der Waals surface area (Å²) < 4.78 is 18.5. The Hall–Kier alpha value is -1.97. The third-order valence-corrected chi connectivity index (χ3v) is 4.34. The van der Waals surface area contributed by atoms with Gasteiger partial charge < -0.3 is 24.0 Å². The van der Waals surface area contributed by atoms with Crippen molar-refractivity contribution in [2.24, 2.45) is 7.05 Å². The maximum Gasteiger partial charge on any atom is 0.257 e. The average Bonchev–Trinajstić information content (AvgIpc) is 3.05. The molecule has 0 aromatic carbocycles. The van der Waals surface area contributed by atoms with Crippen molar-refractivity contribution in [1.82, 2.24) is 19.6 Å². The second-order valence-corrected chi connectivity index (χ2v) is 6.19. The van der Waals surface area contributed by atoms with Crippen LogP contribution in [-0.4, -0.2) is 89.8 Å². The lowest BCUT2D eigenvalue weighted by molar-refractivity contribution is -0.284. The number of aromatic nitrogens is 2. The van der Waals surface area contributed by atoms with Crippen LogP contribution in [-0.2, 0) is 26.1 Å². The number of nitrogens with zero attached hydrogens (tertiary/aromatic N) is 4. The van der Waals surface area contributed by atoms with Crippen LogP contribution in [0.25, 0.3) is 0 Å². The Kier molecular flexibility index (Phi) is 5.36. The van der Waals surface area contributed by atoms with E-state index in [2.05, 4.69) is 5.10 Å². The summed E-state index contributed by atoms with van der Waals surface area (Å²) >= 11 is 0.